The molecule has 0 aliphatic carbocycles. The number of benzene rings is 2. The lowest BCUT2D eigenvalue weighted by Gasteiger charge is -2.16. The Morgan fingerprint density at radius 3 is 2.58 bits per heavy atom. The summed E-state index contributed by atoms with van der Waals surface area (Å²) in [6.07, 6.45) is 1.95. The Kier molecular flexibility index (Phi) is 9.19. The fourth-order valence-corrected chi connectivity index (χ4v) is 4.40. The summed E-state index contributed by atoms with van der Waals surface area (Å²) in [6.45, 7) is 1.25. The van der Waals surface area contributed by atoms with Crippen molar-refractivity contribution in [2.75, 3.05) is 32.2 Å². The fraction of sp³-hybridized carbons (Fsp3) is 0.240. The van der Waals surface area contributed by atoms with Crippen molar-refractivity contribution in [2.45, 2.75) is 13.1 Å². The van der Waals surface area contributed by atoms with Gasteiger partial charge in [-0.15, -0.1) is 6.42 Å². The van der Waals surface area contributed by atoms with Gasteiger partial charge in [0.15, 0.2) is 11.5 Å². The second-order valence-electron chi connectivity index (χ2n) is 7.48. The van der Waals surface area contributed by atoms with Crippen LogP contribution in [0.4, 0.5) is 23.7 Å². The van der Waals surface area contributed by atoms with Gasteiger partial charge in [-0.1, -0.05) is 17.5 Å². The standard InChI is InChI=1S/C25H20ClF3N2O6S/c1-4-8-37-22-16(26)9-14(10-19(22)36-5-2)11-20-23(33)31(24(34)38-20)13-21(32)30-17-12-15(25(27,28)29)6-7-18(17)35-3/h1,6-7,9-12H,5,8,13H2,2-3H3,(H,30,32)/b20-11-. The van der Waals surface area contributed by atoms with Gasteiger partial charge in [0, 0.05) is 0 Å². The predicted octanol–water partition coefficient (Wildman–Crippen LogP) is 5.45. The lowest BCUT2D eigenvalue weighted by atomic mass is 10.1. The lowest BCUT2D eigenvalue weighted by Crippen LogP contribution is -2.36. The second-order valence-corrected chi connectivity index (χ2v) is 8.89. The van der Waals surface area contributed by atoms with Crippen molar-refractivity contribution in [1.29, 1.82) is 0 Å². The van der Waals surface area contributed by atoms with Crippen LogP contribution in [0.5, 0.6) is 17.2 Å². The third-order valence-electron chi connectivity index (χ3n) is 4.91. The molecule has 0 atom stereocenters. The van der Waals surface area contributed by atoms with Crippen molar-refractivity contribution in [3.05, 3.63) is 51.4 Å². The zero-order valence-corrected chi connectivity index (χ0v) is 21.6. The second kappa shape index (κ2) is 12.1. The lowest BCUT2D eigenvalue weighted by molar-refractivity contribution is -0.137. The predicted molar refractivity (Wildman–Crippen MR) is 136 cm³/mol. The molecule has 0 aromatic heterocycles. The van der Waals surface area contributed by atoms with Gasteiger partial charge in [0.2, 0.25) is 5.91 Å². The van der Waals surface area contributed by atoms with Gasteiger partial charge in [0.05, 0.1) is 34.9 Å². The van der Waals surface area contributed by atoms with Crippen LogP contribution in [0.25, 0.3) is 6.08 Å². The first-order chi connectivity index (χ1) is 18.0. The third kappa shape index (κ3) is 6.73. The molecule has 2 aromatic rings. The first-order valence-corrected chi connectivity index (χ1v) is 12.0. The number of carbonyl (C=O) groups excluding carboxylic acids is 3. The number of nitrogens with zero attached hydrogens (tertiary/aromatic N) is 1. The van der Waals surface area contributed by atoms with Crippen LogP contribution in [-0.4, -0.2) is 48.8 Å². The average molecular weight is 569 g/mol. The summed E-state index contributed by atoms with van der Waals surface area (Å²) in [4.78, 5) is 38.6. The minimum Gasteiger partial charge on any atom is -0.495 e. The molecule has 1 N–H and O–H groups in total. The van der Waals surface area contributed by atoms with Crippen LogP contribution in [0, 0.1) is 12.3 Å². The summed E-state index contributed by atoms with van der Waals surface area (Å²) < 4.78 is 55.2. The van der Waals surface area contributed by atoms with Crippen LogP contribution >= 0.6 is 23.4 Å². The highest BCUT2D eigenvalue weighted by molar-refractivity contribution is 8.18. The number of nitrogens with one attached hydrogen (secondary N) is 1. The van der Waals surface area contributed by atoms with Crippen molar-refractivity contribution in [3.8, 4) is 29.6 Å². The molecule has 0 radical (unpaired) electrons. The van der Waals surface area contributed by atoms with Gasteiger partial charge >= 0.3 is 6.18 Å². The van der Waals surface area contributed by atoms with E-state index < -0.39 is 35.3 Å². The topological polar surface area (TPSA) is 94.2 Å². The van der Waals surface area contributed by atoms with E-state index in [0.29, 0.717) is 28.3 Å². The minimum atomic E-state index is -4.65. The maximum absolute atomic E-state index is 13.1. The van der Waals surface area contributed by atoms with Crippen molar-refractivity contribution in [1.82, 2.24) is 4.90 Å². The number of methoxy groups -OCH3 is 1. The molecule has 3 rings (SSSR count). The first-order valence-electron chi connectivity index (χ1n) is 10.8. The summed E-state index contributed by atoms with van der Waals surface area (Å²) in [5, 5.41) is 1.68. The zero-order valence-electron chi connectivity index (χ0n) is 20.0. The average Bonchev–Trinajstić information content (AvgIpc) is 3.10. The third-order valence-corrected chi connectivity index (χ3v) is 6.09. The highest BCUT2D eigenvalue weighted by atomic mass is 35.5. The highest BCUT2D eigenvalue weighted by Gasteiger charge is 2.37. The van der Waals surface area contributed by atoms with Gasteiger partial charge in [-0.3, -0.25) is 19.3 Å². The molecule has 200 valence electrons. The van der Waals surface area contributed by atoms with Gasteiger partial charge in [0.25, 0.3) is 11.1 Å². The number of hydrogen-bond acceptors (Lipinski definition) is 7. The van der Waals surface area contributed by atoms with E-state index in [2.05, 4.69) is 11.2 Å². The fourth-order valence-electron chi connectivity index (χ4n) is 3.29. The number of carbonyl (C=O) groups is 3. The summed E-state index contributed by atoms with van der Waals surface area (Å²) in [5.41, 5.74) is -0.862. The van der Waals surface area contributed by atoms with Crippen molar-refractivity contribution in [2.24, 2.45) is 0 Å². The molecule has 1 fully saturated rings. The van der Waals surface area contributed by atoms with E-state index in [1.807, 2.05) is 0 Å². The summed E-state index contributed by atoms with van der Waals surface area (Å²) in [6, 6.07) is 5.57. The number of halogens is 4. The van der Waals surface area contributed by atoms with Gasteiger partial charge in [-0.2, -0.15) is 13.2 Å². The van der Waals surface area contributed by atoms with Crippen LogP contribution in [0.15, 0.2) is 35.2 Å². The molecule has 13 heteroatoms. The number of ether oxygens (including phenoxy) is 3. The Labute approximate surface area is 225 Å². The molecule has 3 amide bonds. The number of alkyl halides is 3. The van der Waals surface area contributed by atoms with E-state index in [-0.39, 0.29) is 46.1 Å². The number of thioether (sulfide) groups is 1. The number of amides is 3. The SMILES string of the molecule is C#CCOc1c(Cl)cc(/C=C2\SC(=O)N(CC(=O)Nc3cc(C(F)(F)F)ccc3OC)C2=O)cc1OCC. The minimum absolute atomic E-state index is 0.00439. The maximum Gasteiger partial charge on any atom is 0.416 e. The molecule has 1 heterocycles. The van der Waals surface area contributed by atoms with E-state index in [0.717, 1.165) is 12.1 Å². The number of imide groups is 1. The zero-order chi connectivity index (χ0) is 28.0. The molecule has 1 saturated heterocycles. The Bertz CT molecular complexity index is 1340. The van der Waals surface area contributed by atoms with Gasteiger partial charge in [-0.05, 0) is 60.7 Å². The van der Waals surface area contributed by atoms with Crippen LogP contribution in [0.1, 0.15) is 18.1 Å². The Balaban J connectivity index is 1.79. The number of anilines is 1. The van der Waals surface area contributed by atoms with Crippen LogP contribution in [0.2, 0.25) is 5.02 Å². The molecule has 38 heavy (non-hydrogen) atoms. The quantitative estimate of drug-likeness (QED) is 0.317. The van der Waals surface area contributed by atoms with Gasteiger partial charge < -0.3 is 19.5 Å². The summed E-state index contributed by atoms with van der Waals surface area (Å²) in [7, 11) is 1.22. The molecule has 0 spiro atoms. The maximum atomic E-state index is 13.1. The van der Waals surface area contributed by atoms with E-state index in [1.54, 1.807) is 13.0 Å². The Hall–Kier alpha value is -3.82. The normalized spacial score (nSPS) is 14.4. The molecule has 0 saturated carbocycles. The molecule has 1 aliphatic rings. The molecular formula is C25H20ClF3N2O6S. The van der Waals surface area contributed by atoms with E-state index >= 15 is 0 Å². The van der Waals surface area contributed by atoms with E-state index in [1.165, 1.54) is 19.3 Å². The highest BCUT2D eigenvalue weighted by Crippen LogP contribution is 2.39. The largest absolute Gasteiger partial charge is 0.495 e. The monoisotopic (exact) mass is 568 g/mol. The number of rotatable bonds is 9. The molecule has 2 aromatic carbocycles. The Morgan fingerprint density at radius 2 is 1.95 bits per heavy atom. The molecule has 8 nitrogen and oxygen atoms in total. The van der Waals surface area contributed by atoms with Crippen molar-refractivity contribution >= 4 is 52.2 Å². The van der Waals surface area contributed by atoms with Gasteiger partial charge in [0.1, 0.15) is 18.9 Å². The number of terminal acetylenes is 1. The van der Waals surface area contributed by atoms with Crippen LogP contribution < -0.4 is 19.5 Å². The molecular weight excluding hydrogens is 549 g/mol. The first kappa shape index (κ1) is 28.7. The van der Waals surface area contributed by atoms with Crippen molar-refractivity contribution in [3.63, 3.8) is 0 Å². The van der Waals surface area contributed by atoms with Crippen LogP contribution in [-0.2, 0) is 15.8 Å². The Morgan fingerprint density at radius 1 is 1.21 bits per heavy atom. The van der Waals surface area contributed by atoms with E-state index in [4.69, 9.17) is 32.2 Å². The molecule has 0 unspecified atom stereocenters. The molecule has 0 bridgehead atoms. The van der Waals surface area contributed by atoms with Gasteiger partial charge in [-0.25, -0.2) is 0 Å². The summed E-state index contributed by atoms with van der Waals surface area (Å²) >= 11 is 6.87. The summed E-state index contributed by atoms with van der Waals surface area (Å²) in [5.74, 6) is 1.11. The smallest absolute Gasteiger partial charge is 0.416 e. The van der Waals surface area contributed by atoms with E-state index in [9.17, 15) is 27.6 Å². The number of hydrogen-bond donors (Lipinski definition) is 1. The van der Waals surface area contributed by atoms with Crippen LogP contribution in [0.3, 0.4) is 0 Å². The van der Waals surface area contributed by atoms with Crippen molar-refractivity contribution < 1.29 is 41.8 Å². The molecule has 1 aliphatic heterocycles.